The third-order valence-electron chi connectivity index (χ3n) is 3.86. The molecule has 0 atom stereocenters. The number of methoxy groups -OCH3 is 1. The summed E-state index contributed by atoms with van der Waals surface area (Å²) in [6.07, 6.45) is 0. The number of aromatic nitrogens is 2. The minimum atomic E-state index is -0.326. The molecule has 1 heterocycles. The molecule has 0 aliphatic carbocycles. The van der Waals surface area contributed by atoms with Crippen molar-refractivity contribution in [2.45, 2.75) is 6.92 Å². The molecular weight excluding hydrogens is 346 g/mol. The van der Waals surface area contributed by atoms with Crippen LogP contribution in [-0.4, -0.2) is 34.9 Å². The van der Waals surface area contributed by atoms with Crippen molar-refractivity contribution in [1.82, 2.24) is 10.2 Å². The Balaban J connectivity index is 1.79. The van der Waals surface area contributed by atoms with Crippen molar-refractivity contribution in [2.75, 3.05) is 12.4 Å². The summed E-state index contributed by atoms with van der Waals surface area (Å²) < 4.78 is 5.21. The van der Waals surface area contributed by atoms with Crippen LogP contribution in [0.3, 0.4) is 0 Å². The van der Waals surface area contributed by atoms with Gasteiger partial charge in [-0.15, -0.1) is 5.10 Å². The van der Waals surface area contributed by atoms with E-state index in [0.717, 1.165) is 11.1 Å². The summed E-state index contributed by atoms with van der Waals surface area (Å²) in [5, 5.41) is 18.0. The topological polar surface area (TPSA) is 144 Å². The van der Waals surface area contributed by atoms with Gasteiger partial charge in [-0.25, -0.2) is 0 Å². The maximum Gasteiger partial charge on any atom is 0.276 e. The number of guanidine groups is 1. The number of hydrogen-bond donors (Lipinski definition) is 4. The van der Waals surface area contributed by atoms with Gasteiger partial charge in [-0.3, -0.25) is 9.89 Å². The highest BCUT2D eigenvalue weighted by Gasteiger charge is 2.15. The lowest BCUT2D eigenvalue weighted by Gasteiger charge is -2.05. The number of fused-ring (bicyclic) bond motifs is 1. The molecule has 0 fully saturated rings. The highest BCUT2D eigenvalue weighted by Crippen LogP contribution is 2.23. The first-order valence-electron chi connectivity index (χ1n) is 8.05. The van der Waals surface area contributed by atoms with E-state index in [1.807, 2.05) is 18.2 Å². The molecule has 138 valence electrons. The van der Waals surface area contributed by atoms with Gasteiger partial charge in [0, 0.05) is 11.1 Å². The number of ether oxygens (including phenoxy) is 1. The quantitative estimate of drug-likeness (QED) is 0.310. The Morgan fingerprint density at radius 3 is 2.56 bits per heavy atom. The van der Waals surface area contributed by atoms with Gasteiger partial charge in [0.1, 0.15) is 5.75 Å². The van der Waals surface area contributed by atoms with Crippen LogP contribution in [0.25, 0.3) is 10.9 Å². The molecule has 6 N–H and O–H groups in total. The maximum absolute atomic E-state index is 12.6. The molecule has 0 saturated carbocycles. The standard InChI is InChI=1S/C18H19N7O2/c1-10(22-25-18(19)20)11-3-5-12(6-4-11)21-17(26)16-14-9-13(27-2)7-8-15(14)23-24-16/h3-9H,1-2H3,(H,21,26)(H,23,24)(H4,19,20,25)/b22-10-. The third kappa shape index (κ3) is 4.03. The molecule has 27 heavy (non-hydrogen) atoms. The molecule has 0 bridgehead atoms. The molecule has 0 aliphatic heterocycles. The van der Waals surface area contributed by atoms with Gasteiger partial charge in [-0.1, -0.05) is 12.1 Å². The first kappa shape index (κ1) is 17.9. The first-order chi connectivity index (χ1) is 13.0. The van der Waals surface area contributed by atoms with Crippen LogP contribution in [0.15, 0.2) is 52.7 Å². The number of anilines is 1. The van der Waals surface area contributed by atoms with Crippen LogP contribution >= 0.6 is 0 Å². The fourth-order valence-electron chi connectivity index (χ4n) is 2.47. The smallest absolute Gasteiger partial charge is 0.276 e. The monoisotopic (exact) mass is 365 g/mol. The Morgan fingerprint density at radius 1 is 1.15 bits per heavy atom. The van der Waals surface area contributed by atoms with Crippen LogP contribution in [0.5, 0.6) is 5.75 Å². The van der Waals surface area contributed by atoms with Crippen molar-refractivity contribution < 1.29 is 9.53 Å². The Bertz CT molecular complexity index is 1030. The van der Waals surface area contributed by atoms with E-state index in [4.69, 9.17) is 16.2 Å². The van der Waals surface area contributed by atoms with Crippen LogP contribution in [0.2, 0.25) is 0 Å². The van der Waals surface area contributed by atoms with Crippen LogP contribution in [0.1, 0.15) is 23.0 Å². The second kappa shape index (κ2) is 7.56. The predicted molar refractivity (Wildman–Crippen MR) is 105 cm³/mol. The largest absolute Gasteiger partial charge is 0.497 e. The van der Waals surface area contributed by atoms with Crippen LogP contribution in [-0.2, 0) is 0 Å². The van der Waals surface area contributed by atoms with E-state index in [2.05, 4.69) is 25.7 Å². The molecule has 0 radical (unpaired) electrons. The lowest BCUT2D eigenvalue weighted by atomic mass is 10.1. The van der Waals surface area contributed by atoms with Gasteiger partial charge >= 0.3 is 0 Å². The molecule has 0 spiro atoms. The van der Waals surface area contributed by atoms with E-state index in [0.29, 0.717) is 28.2 Å². The molecule has 0 unspecified atom stereocenters. The Kier molecular flexibility index (Phi) is 5.02. The van der Waals surface area contributed by atoms with Crippen molar-refractivity contribution >= 4 is 34.2 Å². The van der Waals surface area contributed by atoms with Crippen molar-refractivity contribution in [3.05, 3.63) is 53.7 Å². The van der Waals surface area contributed by atoms with Gasteiger partial charge in [-0.2, -0.15) is 10.2 Å². The number of hydrogen-bond acceptors (Lipinski definition) is 5. The maximum atomic E-state index is 12.6. The Hall–Kier alpha value is -3.88. The van der Waals surface area contributed by atoms with Gasteiger partial charge in [0.05, 0.1) is 18.3 Å². The van der Waals surface area contributed by atoms with Crippen LogP contribution in [0, 0.1) is 0 Å². The molecule has 2 aromatic carbocycles. The highest BCUT2D eigenvalue weighted by molar-refractivity contribution is 6.11. The third-order valence-corrected chi connectivity index (χ3v) is 3.86. The van der Waals surface area contributed by atoms with Crippen molar-refractivity contribution in [1.29, 1.82) is 0 Å². The zero-order valence-corrected chi connectivity index (χ0v) is 14.9. The second-order valence-electron chi connectivity index (χ2n) is 5.73. The molecule has 9 nitrogen and oxygen atoms in total. The molecule has 0 saturated heterocycles. The van der Waals surface area contributed by atoms with Gasteiger partial charge in [-0.05, 0) is 42.8 Å². The van der Waals surface area contributed by atoms with E-state index in [-0.39, 0.29) is 11.9 Å². The number of carbonyl (C=O) groups is 1. The molecule has 9 heteroatoms. The normalized spacial score (nSPS) is 11.3. The average Bonchev–Trinajstić information content (AvgIpc) is 3.09. The minimum Gasteiger partial charge on any atom is -0.497 e. The minimum absolute atomic E-state index is 0.110. The molecule has 3 aromatic rings. The van der Waals surface area contributed by atoms with Gasteiger partial charge in [0.2, 0.25) is 5.96 Å². The van der Waals surface area contributed by atoms with E-state index in [1.54, 1.807) is 38.3 Å². The number of benzene rings is 2. The summed E-state index contributed by atoms with van der Waals surface area (Å²) in [5.41, 5.74) is 13.7. The number of nitrogens with one attached hydrogen (secondary N) is 2. The molecular formula is C18H19N7O2. The van der Waals surface area contributed by atoms with Gasteiger partial charge < -0.3 is 21.5 Å². The number of nitrogens with two attached hydrogens (primary N) is 2. The van der Waals surface area contributed by atoms with Crippen molar-refractivity contribution in [3.8, 4) is 5.75 Å². The fourth-order valence-corrected chi connectivity index (χ4v) is 2.47. The summed E-state index contributed by atoms with van der Waals surface area (Å²) in [7, 11) is 1.57. The Labute approximate surface area is 155 Å². The van der Waals surface area contributed by atoms with Gasteiger partial charge in [0.15, 0.2) is 5.69 Å². The predicted octanol–water partition coefficient (Wildman–Crippen LogP) is 1.82. The number of amides is 1. The molecule has 1 amide bonds. The first-order valence-corrected chi connectivity index (χ1v) is 8.05. The van der Waals surface area contributed by atoms with E-state index >= 15 is 0 Å². The van der Waals surface area contributed by atoms with Crippen LogP contribution in [0.4, 0.5) is 5.69 Å². The highest BCUT2D eigenvalue weighted by atomic mass is 16.5. The number of aromatic amines is 1. The van der Waals surface area contributed by atoms with Crippen molar-refractivity contribution in [3.63, 3.8) is 0 Å². The Morgan fingerprint density at radius 2 is 1.89 bits per heavy atom. The van der Waals surface area contributed by atoms with E-state index in [9.17, 15) is 4.79 Å². The lowest BCUT2D eigenvalue weighted by molar-refractivity contribution is 0.102. The van der Waals surface area contributed by atoms with Crippen LogP contribution < -0.4 is 21.5 Å². The summed E-state index contributed by atoms with van der Waals surface area (Å²) in [6, 6.07) is 12.5. The summed E-state index contributed by atoms with van der Waals surface area (Å²) in [6.45, 7) is 1.78. The van der Waals surface area contributed by atoms with Gasteiger partial charge in [0.25, 0.3) is 5.91 Å². The SMILES string of the molecule is COc1ccc2[nH]nc(C(=O)Nc3ccc(/C(C)=N\N=C(N)N)cc3)c2c1. The molecule has 0 aliphatic rings. The number of carbonyl (C=O) groups excluding carboxylic acids is 1. The molecule has 1 aromatic heterocycles. The fraction of sp³-hybridized carbons (Fsp3) is 0.111. The lowest BCUT2D eigenvalue weighted by Crippen LogP contribution is -2.22. The van der Waals surface area contributed by atoms with Crippen molar-refractivity contribution in [2.24, 2.45) is 21.7 Å². The average molecular weight is 365 g/mol. The van der Waals surface area contributed by atoms with E-state index < -0.39 is 0 Å². The number of nitrogens with zero attached hydrogens (tertiary/aromatic N) is 3. The zero-order valence-electron chi connectivity index (χ0n) is 14.9. The van der Waals surface area contributed by atoms with E-state index in [1.165, 1.54) is 0 Å². The summed E-state index contributed by atoms with van der Waals surface area (Å²) in [4.78, 5) is 12.6. The number of H-pyrrole nitrogens is 1. The zero-order chi connectivity index (χ0) is 19.4. The summed E-state index contributed by atoms with van der Waals surface area (Å²) >= 11 is 0. The summed E-state index contributed by atoms with van der Waals surface area (Å²) in [5.74, 6) is 0.215. The second-order valence-corrected chi connectivity index (χ2v) is 5.73. The number of rotatable bonds is 5. The molecule has 3 rings (SSSR count).